The van der Waals surface area contributed by atoms with E-state index in [0.717, 1.165) is 0 Å². The van der Waals surface area contributed by atoms with Gasteiger partial charge in [0, 0.05) is 5.56 Å². The molecule has 2 nitrogen and oxygen atoms in total. The van der Waals surface area contributed by atoms with Gasteiger partial charge in [-0.25, -0.2) is 4.39 Å². The zero-order valence-electron chi connectivity index (χ0n) is 7.68. The maximum absolute atomic E-state index is 13.5. The van der Waals surface area contributed by atoms with Gasteiger partial charge in [0.1, 0.15) is 0 Å². The van der Waals surface area contributed by atoms with Gasteiger partial charge in [0.15, 0.2) is 11.6 Å². The Balaban J connectivity index is 3.17. The Morgan fingerprint density at radius 1 is 1.57 bits per heavy atom. The van der Waals surface area contributed by atoms with Crippen LogP contribution < -0.4 is 4.74 Å². The van der Waals surface area contributed by atoms with Crippen LogP contribution in [0, 0.1) is 17.1 Å². The van der Waals surface area contributed by atoms with Crippen molar-refractivity contribution < 1.29 is 9.13 Å². The zero-order chi connectivity index (χ0) is 10.6. The standard InChI is InChI=1S/C10H9BrFNO/c1-2-14-10-7(5-6-13)3-4-8(11)9(10)12/h3-4H,2,5H2,1H3. The van der Waals surface area contributed by atoms with Crippen molar-refractivity contribution in [2.24, 2.45) is 0 Å². The van der Waals surface area contributed by atoms with Crippen LogP contribution in [0.1, 0.15) is 12.5 Å². The van der Waals surface area contributed by atoms with Gasteiger partial charge in [-0.15, -0.1) is 0 Å². The van der Waals surface area contributed by atoms with Crippen molar-refractivity contribution in [2.45, 2.75) is 13.3 Å². The summed E-state index contributed by atoms with van der Waals surface area (Å²) in [7, 11) is 0. The normalized spacial score (nSPS) is 9.57. The van der Waals surface area contributed by atoms with E-state index in [4.69, 9.17) is 10.00 Å². The predicted molar refractivity (Wildman–Crippen MR) is 54.6 cm³/mol. The van der Waals surface area contributed by atoms with E-state index in [0.29, 0.717) is 16.6 Å². The number of hydrogen-bond donors (Lipinski definition) is 0. The molecule has 0 aliphatic heterocycles. The van der Waals surface area contributed by atoms with E-state index in [1.54, 1.807) is 19.1 Å². The molecule has 1 aromatic carbocycles. The monoisotopic (exact) mass is 257 g/mol. The molecule has 0 aliphatic carbocycles. The van der Waals surface area contributed by atoms with Crippen molar-refractivity contribution >= 4 is 15.9 Å². The second-order valence-corrected chi connectivity index (χ2v) is 3.47. The molecule has 0 aliphatic rings. The molecule has 1 rings (SSSR count). The first kappa shape index (κ1) is 11.0. The maximum atomic E-state index is 13.5. The molecule has 1 aromatic rings. The largest absolute Gasteiger partial charge is 0.490 e. The number of hydrogen-bond acceptors (Lipinski definition) is 2. The molecular weight excluding hydrogens is 249 g/mol. The van der Waals surface area contributed by atoms with Gasteiger partial charge in [0.05, 0.1) is 23.6 Å². The van der Waals surface area contributed by atoms with Crippen molar-refractivity contribution in [3.05, 3.63) is 28.0 Å². The lowest BCUT2D eigenvalue weighted by atomic mass is 10.1. The molecule has 0 radical (unpaired) electrons. The highest BCUT2D eigenvalue weighted by Crippen LogP contribution is 2.29. The molecule has 0 amide bonds. The lowest BCUT2D eigenvalue weighted by molar-refractivity contribution is 0.317. The molecule has 0 saturated heterocycles. The number of ether oxygens (including phenoxy) is 1. The fraction of sp³-hybridized carbons (Fsp3) is 0.300. The van der Waals surface area contributed by atoms with E-state index in [-0.39, 0.29) is 12.2 Å². The van der Waals surface area contributed by atoms with Crippen molar-refractivity contribution in [1.29, 1.82) is 5.26 Å². The number of halogens is 2. The summed E-state index contributed by atoms with van der Waals surface area (Å²) in [5.74, 6) is -0.275. The minimum absolute atomic E-state index is 0.152. The number of benzene rings is 1. The highest BCUT2D eigenvalue weighted by Gasteiger charge is 2.12. The van der Waals surface area contributed by atoms with Crippen LogP contribution in [0.25, 0.3) is 0 Å². The molecule has 0 saturated carbocycles. The summed E-state index contributed by atoms with van der Waals surface area (Å²) in [6, 6.07) is 5.22. The quantitative estimate of drug-likeness (QED) is 0.834. The van der Waals surface area contributed by atoms with Gasteiger partial charge in [-0.05, 0) is 28.9 Å². The second-order valence-electron chi connectivity index (χ2n) is 2.62. The van der Waals surface area contributed by atoms with Gasteiger partial charge in [-0.3, -0.25) is 0 Å². The minimum atomic E-state index is -0.445. The Labute approximate surface area is 90.4 Å². The Morgan fingerprint density at radius 2 is 2.29 bits per heavy atom. The third kappa shape index (κ3) is 2.24. The van der Waals surface area contributed by atoms with Crippen LogP contribution >= 0.6 is 15.9 Å². The smallest absolute Gasteiger partial charge is 0.179 e. The third-order valence-corrected chi connectivity index (χ3v) is 2.30. The minimum Gasteiger partial charge on any atom is -0.490 e. The third-order valence-electron chi connectivity index (χ3n) is 1.69. The lowest BCUT2D eigenvalue weighted by Gasteiger charge is -2.09. The van der Waals surface area contributed by atoms with E-state index in [9.17, 15) is 4.39 Å². The highest BCUT2D eigenvalue weighted by atomic mass is 79.9. The van der Waals surface area contributed by atoms with Gasteiger partial charge in [0.2, 0.25) is 0 Å². The van der Waals surface area contributed by atoms with Crippen molar-refractivity contribution in [1.82, 2.24) is 0 Å². The van der Waals surface area contributed by atoms with Crippen LogP contribution in [0.3, 0.4) is 0 Å². The SMILES string of the molecule is CCOc1c(CC#N)ccc(Br)c1F. The predicted octanol–water partition coefficient (Wildman–Crippen LogP) is 3.05. The van der Waals surface area contributed by atoms with Gasteiger partial charge in [0.25, 0.3) is 0 Å². The van der Waals surface area contributed by atoms with Crippen LogP contribution in [-0.2, 0) is 6.42 Å². The lowest BCUT2D eigenvalue weighted by Crippen LogP contribution is -1.99. The molecule has 0 atom stereocenters. The Bertz CT molecular complexity index is 373. The summed E-state index contributed by atoms with van der Waals surface area (Å²) in [6.45, 7) is 2.16. The number of nitriles is 1. The van der Waals surface area contributed by atoms with E-state index in [1.165, 1.54) is 0 Å². The summed E-state index contributed by atoms with van der Waals surface area (Å²) in [5.41, 5.74) is 0.579. The molecular formula is C10H9BrFNO. The van der Waals surface area contributed by atoms with E-state index >= 15 is 0 Å². The Kier molecular flexibility index (Phi) is 3.90. The van der Waals surface area contributed by atoms with Crippen LogP contribution in [0.15, 0.2) is 16.6 Å². The molecule has 14 heavy (non-hydrogen) atoms. The van der Waals surface area contributed by atoms with Crippen molar-refractivity contribution in [2.75, 3.05) is 6.61 Å². The van der Waals surface area contributed by atoms with Gasteiger partial charge >= 0.3 is 0 Å². The summed E-state index contributed by atoms with van der Waals surface area (Å²) in [6.07, 6.45) is 0.152. The summed E-state index contributed by atoms with van der Waals surface area (Å²) < 4.78 is 19.0. The first-order valence-electron chi connectivity index (χ1n) is 4.17. The average molecular weight is 258 g/mol. The molecule has 0 fully saturated rings. The second kappa shape index (κ2) is 4.97. The summed E-state index contributed by atoms with van der Waals surface area (Å²) in [5, 5.41) is 8.53. The van der Waals surface area contributed by atoms with Crippen LogP contribution in [0.4, 0.5) is 4.39 Å². The first-order chi connectivity index (χ1) is 6.70. The Hall–Kier alpha value is -1.08. The molecule has 0 unspecified atom stereocenters. The summed E-state index contributed by atoms with van der Waals surface area (Å²) >= 11 is 3.06. The molecule has 0 aromatic heterocycles. The molecule has 0 N–H and O–H groups in total. The van der Waals surface area contributed by atoms with Crippen LogP contribution in [-0.4, -0.2) is 6.61 Å². The fourth-order valence-corrected chi connectivity index (χ4v) is 1.41. The van der Waals surface area contributed by atoms with Gasteiger partial charge in [-0.2, -0.15) is 5.26 Å². The first-order valence-corrected chi connectivity index (χ1v) is 4.96. The topological polar surface area (TPSA) is 33.0 Å². The zero-order valence-corrected chi connectivity index (χ0v) is 9.27. The average Bonchev–Trinajstić information content (AvgIpc) is 2.18. The van der Waals surface area contributed by atoms with Crippen LogP contribution in [0.2, 0.25) is 0 Å². The van der Waals surface area contributed by atoms with E-state index in [2.05, 4.69) is 15.9 Å². The van der Waals surface area contributed by atoms with Crippen molar-refractivity contribution in [3.63, 3.8) is 0 Å². The molecule has 0 heterocycles. The van der Waals surface area contributed by atoms with E-state index < -0.39 is 5.82 Å². The maximum Gasteiger partial charge on any atom is 0.179 e. The van der Waals surface area contributed by atoms with Crippen molar-refractivity contribution in [3.8, 4) is 11.8 Å². The molecule has 74 valence electrons. The molecule has 0 spiro atoms. The van der Waals surface area contributed by atoms with Crippen LogP contribution in [0.5, 0.6) is 5.75 Å². The van der Waals surface area contributed by atoms with Gasteiger partial charge < -0.3 is 4.74 Å². The van der Waals surface area contributed by atoms with Gasteiger partial charge in [-0.1, -0.05) is 6.07 Å². The molecule has 0 bridgehead atoms. The fourth-order valence-electron chi connectivity index (χ4n) is 1.10. The highest BCUT2D eigenvalue weighted by molar-refractivity contribution is 9.10. The molecule has 4 heteroatoms. The Morgan fingerprint density at radius 3 is 2.86 bits per heavy atom. The number of nitrogens with zero attached hydrogens (tertiary/aromatic N) is 1. The van der Waals surface area contributed by atoms with E-state index in [1.807, 2.05) is 6.07 Å². The summed E-state index contributed by atoms with van der Waals surface area (Å²) in [4.78, 5) is 0. The number of rotatable bonds is 3.